The Balaban J connectivity index is 2.21. The molecule has 4 heteroatoms. The number of hydrogen-bond donors (Lipinski definition) is 1. The molecule has 0 saturated heterocycles. The van der Waals surface area contributed by atoms with Gasteiger partial charge in [-0.25, -0.2) is 4.39 Å². The van der Waals surface area contributed by atoms with E-state index in [1.54, 1.807) is 18.2 Å². The summed E-state index contributed by atoms with van der Waals surface area (Å²) in [5.74, 6) is -0.285. The molecule has 18 heavy (non-hydrogen) atoms. The van der Waals surface area contributed by atoms with Gasteiger partial charge < -0.3 is 5.73 Å². The number of halogens is 3. The Morgan fingerprint density at radius 1 is 1.22 bits per heavy atom. The Hall–Kier alpha value is -0.900. The van der Waals surface area contributed by atoms with Crippen molar-refractivity contribution in [2.45, 2.75) is 12.5 Å². The lowest BCUT2D eigenvalue weighted by Gasteiger charge is -2.13. The summed E-state index contributed by atoms with van der Waals surface area (Å²) in [4.78, 5) is 0. The van der Waals surface area contributed by atoms with Gasteiger partial charge in [-0.1, -0.05) is 39.7 Å². The average Bonchev–Trinajstić information content (AvgIpc) is 2.32. The molecule has 2 N–H and O–H groups in total. The molecule has 2 aromatic rings. The van der Waals surface area contributed by atoms with Gasteiger partial charge in [0.15, 0.2) is 0 Å². The zero-order valence-corrected chi connectivity index (χ0v) is 11.9. The Kier molecular flexibility index (Phi) is 4.38. The first-order valence-corrected chi connectivity index (χ1v) is 6.68. The summed E-state index contributed by atoms with van der Waals surface area (Å²) in [7, 11) is 0. The van der Waals surface area contributed by atoms with Gasteiger partial charge in [0.25, 0.3) is 0 Å². The number of hydrogen-bond acceptors (Lipinski definition) is 1. The summed E-state index contributed by atoms with van der Waals surface area (Å²) in [6, 6.07) is 11.8. The molecule has 0 bridgehead atoms. The predicted octanol–water partition coefficient (Wildman–Crippen LogP) is 4.48. The molecular weight excluding hydrogens is 317 g/mol. The maximum Gasteiger partial charge on any atom is 0.128 e. The Labute approximate surface area is 119 Å². The zero-order chi connectivity index (χ0) is 13.1. The summed E-state index contributed by atoms with van der Waals surface area (Å²) >= 11 is 9.23. The van der Waals surface area contributed by atoms with Crippen molar-refractivity contribution in [2.24, 2.45) is 5.73 Å². The van der Waals surface area contributed by atoms with Crippen LogP contribution in [0.2, 0.25) is 5.02 Å². The molecule has 94 valence electrons. The molecule has 0 radical (unpaired) electrons. The molecule has 2 rings (SSSR count). The third kappa shape index (κ3) is 3.31. The van der Waals surface area contributed by atoms with Crippen LogP contribution >= 0.6 is 27.5 Å². The van der Waals surface area contributed by atoms with Gasteiger partial charge in [0.05, 0.1) is 0 Å². The minimum absolute atomic E-state index is 0.285. The SMILES string of the molecule is NC(Cc1cccc(Cl)c1)c1cc(Br)ccc1F. The molecule has 2 aromatic carbocycles. The van der Waals surface area contributed by atoms with Gasteiger partial charge in [0.2, 0.25) is 0 Å². The van der Waals surface area contributed by atoms with Gasteiger partial charge in [0.1, 0.15) is 5.82 Å². The second kappa shape index (κ2) is 5.83. The van der Waals surface area contributed by atoms with E-state index in [1.807, 2.05) is 18.2 Å². The fourth-order valence-electron chi connectivity index (χ4n) is 1.83. The highest BCUT2D eigenvalue weighted by atomic mass is 79.9. The molecule has 1 atom stereocenters. The summed E-state index contributed by atoms with van der Waals surface area (Å²) in [6.45, 7) is 0. The number of benzene rings is 2. The van der Waals surface area contributed by atoms with Crippen LogP contribution in [0.3, 0.4) is 0 Å². The number of nitrogens with two attached hydrogens (primary N) is 1. The first-order valence-electron chi connectivity index (χ1n) is 5.51. The minimum Gasteiger partial charge on any atom is -0.324 e. The van der Waals surface area contributed by atoms with E-state index in [9.17, 15) is 4.39 Å². The lowest BCUT2D eigenvalue weighted by molar-refractivity contribution is 0.580. The van der Waals surface area contributed by atoms with Gasteiger partial charge in [-0.3, -0.25) is 0 Å². The van der Waals surface area contributed by atoms with Crippen LogP contribution in [0.25, 0.3) is 0 Å². The van der Waals surface area contributed by atoms with Crippen LogP contribution in [-0.4, -0.2) is 0 Å². The van der Waals surface area contributed by atoms with Crippen molar-refractivity contribution in [2.75, 3.05) is 0 Å². The fourth-order valence-corrected chi connectivity index (χ4v) is 2.42. The van der Waals surface area contributed by atoms with E-state index in [2.05, 4.69) is 15.9 Å². The molecule has 0 aliphatic carbocycles. The molecular formula is C14H12BrClFN. The lowest BCUT2D eigenvalue weighted by atomic mass is 9.99. The standard InChI is InChI=1S/C14H12BrClFN/c15-10-4-5-13(17)12(8-10)14(18)7-9-2-1-3-11(16)6-9/h1-6,8,14H,7,18H2. The highest BCUT2D eigenvalue weighted by Gasteiger charge is 2.12. The minimum atomic E-state index is -0.388. The molecule has 0 aromatic heterocycles. The van der Waals surface area contributed by atoms with Gasteiger partial charge in [-0.2, -0.15) is 0 Å². The van der Waals surface area contributed by atoms with Crippen molar-refractivity contribution in [3.63, 3.8) is 0 Å². The maximum absolute atomic E-state index is 13.7. The highest BCUT2D eigenvalue weighted by Crippen LogP contribution is 2.23. The first-order chi connectivity index (χ1) is 8.56. The Morgan fingerprint density at radius 3 is 2.72 bits per heavy atom. The summed E-state index contributed by atoms with van der Waals surface area (Å²) in [6.07, 6.45) is 0.550. The molecule has 1 nitrogen and oxygen atoms in total. The molecule has 0 amide bonds. The van der Waals surface area contributed by atoms with Crippen molar-refractivity contribution >= 4 is 27.5 Å². The highest BCUT2D eigenvalue weighted by molar-refractivity contribution is 9.10. The van der Waals surface area contributed by atoms with Crippen LogP contribution in [0.4, 0.5) is 4.39 Å². The van der Waals surface area contributed by atoms with Crippen molar-refractivity contribution in [3.05, 3.63) is 68.9 Å². The first kappa shape index (κ1) is 13.5. The summed E-state index contributed by atoms with van der Waals surface area (Å²) in [5, 5.41) is 0.661. The van der Waals surface area contributed by atoms with Gasteiger partial charge in [0, 0.05) is 21.1 Å². The second-order valence-corrected chi connectivity index (χ2v) is 5.46. The molecule has 0 heterocycles. The largest absolute Gasteiger partial charge is 0.324 e. The third-order valence-electron chi connectivity index (χ3n) is 2.70. The molecule has 1 unspecified atom stereocenters. The van der Waals surface area contributed by atoms with Crippen LogP contribution in [-0.2, 0) is 6.42 Å². The van der Waals surface area contributed by atoms with Crippen molar-refractivity contribution in [1.29, 1.82) is 0 Å². The van der Waals surface area contributed by atoms with Crippen LogP contribution in [0, 0.1) is 5.82 Å². The third-order valence-corrected chi connectivity index (χ3v) is 3.43. The van der Waals surface area contributed by atoms with Gasteiger partial charge in [-0.15, -0.1) is 0 Å². The lowest BCUT2D eigenvalue weighted by Crippen LogP contribution is -2.15. The van der Waals surface area contributed by atoms with Crippen molar-refractivity contribution in [3.8, 4) is 0 Å². The smallest absolute Gasteiger partial charge is 0.128 e. The molecule has 0 aliphatic heterocycles. The van der Waals surface area contributed by atoms with Crippen LogP contribution in [0.1, 0.15) is 17.2 Å². The monoisotopic (exact) mass is 327 g/mol. The fraction of sp³-hybridized carbons (Fsp3) is 0.143. The second-order valence-electron chi connectivity index (χ2n) is 4.11. The predicted molar refractivity (Wildman–Crippen MR) is 76.2 cm³/mol. The van der Waals surface area contributed by atoms with Crippen LogP contribution in [0.15, 0.2) is 46.9 Å². The molecule has 0 spiro atoms. The van der Waals surface area contributed by atoms with Gasteiger partial charge in [-0.05, 0) is 42.3 Å². The normalized spacial score (nSPS) is 12.4. The average molecular weight is 329 g/mol. The van der Waals surface area contributed by atoms with Crippen molar-refractivity contribution < 1.29 is 4.39 Å². The van der Waals surface area contributed by atoms with E-state index in [0.717, 1.165) is 10.0 Å². The van der Waals surface area contributed by atoms with Crippen molar-refractivity contribution in [1.82, 2.24) is 0 Å². The molecule has 0 fully saturated rings. The van der Waals surface area contributed by atoms with Gasteiger partial charge >= 0.3 is 0 Å². The summed E-state index contributed by atoms with van der Waals surface area (Å²) in [5.41, 5.74) is 7.54. The zero-order valence-electron chi connectivity index (χ0n) is 9.54. The Bertz CT molecular complexity index is 559. The van der Waals surface area contributed by atoms with Crippen LogP contribution in [0.5, 0.6) is 0 Å². The molecule has 0 saturated carbocycles. The van der Waals surface area contributed by atoms with E-state index in [-0.39, 0.29) is 11.9 Å². The summed E-state index contributed by atoms with van der Waals surface area (Å²) < 4.78 is 14.5. The van der Waals surface area contributed by atoms with E-state index < -0.39 is 0 Å². The van der Waals surface area contributed by atoms with E-state index in [0.29, 0.717) is 17.0 Å². The van der Waals surface area contributed by atoms with Crippen LogP contribution < -0.4 is 5.73 Å². The topological polar surface area (TPSA) is 26.0 Å². The Morgan fingerprint density at radius 2 is 2.00 bits per heavy atom. The van der Waals surface area contributed by atoms with E-state index in [4.69, 9.17) is 17.3 Å². The quantitative estimate of drug-likeness (QED) is 0.883. The molecule has 0 aliphatic rings. The number of rotatable bonds is 3. The van der Waals surface area contributed by atoms with E-state index >= 15 is 0 Å². The van der Waals surface area contributed by atoms with E-state index in [1.165, 1.54) is 6.07 Å². The maximum atomic E-state index is 13.7.